The Morgan fingerprint density at radius 3 is 2.32 bits per heavy atom. The van der Waals surface area contributed by atoms with Crippen molar-refractivity contribution in [3.63, 3.8) is 0 Å². The molecular formula is C30H40N4O4. The number of nitrogens with zero attached hydrogens (tertiary/aromatic N) is 3. The molecule has 0 saturated carbocycles. The Labute approximate surface area is 225 Å². The monoisotopic (exact) mass is 520 g/mol. The van der Waals surface area contributed by atoms with Gasteiger partial charge in [-0.25, -0.2) is 4.68 Å². The molecular weight excluding hydrogens is 480 g/mol. The maximum atomic E-state index is 13.6. The molecule has 0 fully saturated rings. The number of benzene rings is 2. The second-order valence-corrected chi connectivity index (χ2v) is 11.1. The number of carbonyl (C=O) groups excluding carboxylic acids is 2. The number of amides is 2. The van der Waals surface area contributed by atoms with Crippen molar-refractivity contribution in [2.45, 2.75) is 53.9 Å². The first-order chi connectivity index (χ1) is 17.8. The summed E-state index contributed by atoms with van der Waals surface area (Å²) in [4.78, 5) is 28.5. The molecule has 0 radical (unpaired) electrons. The van der Waals surface area contributed by atoms with E-state index in [0.29, 0.717) is 29.4 Å². The minimum Gasteiger partial charge on any atom is -0.497 e. The summed E-state index contributed by atoms with van der Waals surface area (Å²) < 4.78 is 12.5. The lowest BCUT2D eigenvalue weighted by Gasteiger charge is -2.25. The standard InChI is InChI=1S/C30H40N4O4/c1-19(2)17-33(29(36)23-12-11-22(37-8)15-25(23)38-9)18-28(35)31-27-16-26(30(5,6)7)32-34(27)24-13-10-20(3)14-21(24)4/h10-16,19H,17-18H2,1-9H3,(H,31,35). The summed E-state index contributed by atoms with van der Waals surface area (Å²) in [7, 11) is 3.06. The Morgan fingerprint density at radius 1 is 1.03 bits per heavy atom. The molecule has 0 unspecified atom stereocenters. The van der Waals surface area contributed by atoms with E-state index in [1.807, 2.05) is 45.9 Å². The first-order valence-electron chi connectivity index (χ1n) is 12.8. The maximum absolute atomic E-state index is 13.6. The number of anilines is 1. The molecule has 3 rings (SSSR count). The van der Waals surface area contributed by atoms with E-state index in [1.165, 1.54) is 7.11 Å². The van der Waals surface area contributed by atoms with E-state index >= 15 is 0 Å². The van der Waals surface area contributed by atoms with Gasteiger partial charge < -0.3 is 19.7 Å². The highest BCUT2D eigenvalue weighted by atomic mass is 16.5. The number of nitrogens with one attached hydrogen (secondary N) is 1. The molecule has 1 aromatic heterocycles. The van der Waals surface area contributed by atoms with E-state index in [1.54, 1.807) is 34.9 Å². The van der Waals surface area contributed by atoms with Crippen molar-refractivity contribution in [1.29, 1.82) is 0 Å². The van der Waals surface area contributed by atoms with Gasteiger partial charge in [0.05, 0.1) is 31.2 Å². The van der Waals surface area contributed by atoms with Crippen LogP contribution in [-0.2, 0) is 10.2 Å². The lowest BCUT2D eigenvalue weighted by atomic mass is 9.92. The Balaban J connectivity index is 1.93. The Morgan fingerprint density at radius 2 is 1.74 bits per heavy atom. The van der Waals surface area contributed by atoms with Gasteiger partial charge in [-0.3, -0.25) is 9.59 Å². The highest BCUT2D eigenvalue weighted by Crippen LogP contribution is 2.29. The largest absolute Gasteiger partial charge is 0.497 e. The lowest BCUT2D eigenvalue weighted by Crippen LogP contribution is -2.40. The second kappa shape index (κ2) is 11.7. The molecule has 2 amide bonds. The minimum atomic E-state index is -0.308. The summed E-state index contributed by atoms with van der Waals surface area (Å²) in [6.07, 6.45) is 0. The van der Waals surface area contributed by atoms with Crippen molar-refractivity contribution in [3.05, 3.63) is 64.8 Å². The predicted octanol–water partition coefficient (Wildman–Crippen LogP) is 5.54. The third kappa shape index (κ3) is 6.73. The molecule has 8 nitrogen and oxygen atoms in total. The first kappa shape index (κ1) is 28.8. The Bertz CT molecular complexity index is 1300. The van der Waals surface area contributed by atoms with Crippen LogP contribution in [0.3, 0.4) is 0 Å². The number of aromatic nitrogens is 2. The zero-order valence-corrected chi connectivity index (χ0v) is 24.0. The van der Waals surface area contributed by atoms with Gasteiger partial charge in [-0.1, -0.05) is 52.3 Å². The van der Waals surface area contributed by atoms with Gasteiger partial charge >= 0.3 is 0 Å². The number of ether oxygens (including phenoxy) is 2. The summed E-state index contributed by atoms with van der Waals surface area (Å²) in [6, 6.07) is 13.1. The molecule has 0 aliphatic heterocycles. The average Bonchev–Trinajstić information content (AvgIpc) is 3.26. The van der Waals surface area contributed by atoms with Gasteiger partial charge in [0.15, 0.2) is 0 Å². The predicted molar refractivity (Wildman–Crippen MR) is 151 cm³/mol. The van der Waals surface area contributed by atoms with Crippen molar-refractivity contribution >= 4 is 17.6 Å². The maximum Gasteiger partial charge on any atom is 0.258 e. The Kier molecular flexibility index (Phi) is 8.86. The minimum absolute atomic E-state index is 0.116. The number of carbonyl (C=O) groups is 2. The molecule has 38 heavy (non-hydrogen) atoms. The fraction of sp³-hybridized carbons (Fsp3) is 0.433. The Hall–Kier alpha value is -3.81. The lowest BCUT2D eigenvalue weighted by molar-refractivity contribution is -0.117. The van der Waals surface area contributed by atoms with Crippen LogP contribution in [0.25, 0.3) is 5.69 Å². The molecule has 3 aromatic rings. The highest BCUT2D eigenvalue weighted by molar-refractivity contribution is 6.01. The van der Waals surface area contributed by atoms with Crippen LogP contribution in [0, 0.1) is 19.8 Å². The molecule has 0 bridgehead atoms. The van der Waals surface area contributed by atoms with Crippen LogP contribution >= 0.6 is 0 Å². The van der Waals surface area contributed by atoms with Gasteiger partial charge in [-0.15, -0.1) is 0 Å². The number of rotatable bonds is 9. The summed E-state index contributed by atoms with van der Waals surface area (Å²) in [5.41, 5.74) is 4.10. The molecule has 0 spiro atoms. The van der Waals surface area contributed by atoms with Gasteiger partial charge in [0.25, 0.3) is 5.91 Å². The SMILES string of the molecule is COc1ccc(C(=O)N(CC(=O)Nc2cc(C(C)(C)C)nn2-c2ccc(C)cc2C)CC(C)C)c(OC)c1. The number of hydrogen-bond acceptors (Lipinski definition) is 5. The van der Waals surface area contributed by atoms with Crippen LogP contribution in [0.4, 0.5) is 5.82 Å². The quantitative estimate of drug-likeness (QED) is 0.400. The first-order valence-corrected chi connectivity index (χ1v) is 12.8. The second-order valence-electron chi connectivity index (χ2n) is 11.1. The number of hydrogen-bond donors (Lipinski definition) is 1. The molecule has 0 aliphatic carbocycles. The summed E-state index contributed by atoms with van der Waals surface area (Å²) in [5.74, 6) is 1.10. The van der Waals surface area contributed by atoms with Crippen LogP contribution < -0.4 is 14.8 Å². The van der Waals surface area contributed by atoms with E-state index in [9.17, 15) is 9.59 Å². The highest BCUT2D eigenvalue weighted by Gasteiger charge is 2.26. The molecule has 8 heteroatoms. The van der Waals surface area contributed by atoms with Crippen LogP contribution in [-0.4, -0.2) is 53.8 Å². The molecule has 0 saturated heterocycles. The molecule has 1 N–H and O–H groups in total. The van der Waals surface area contributed by atoms with E-state index in [0.717, 1.165) is 22.5 Å². The van der Waals surface area contributed by atoms with E-state index in [-0.39, 0.29) is 29.7 Å². The van der Waals surface area contributed by atoms with Gasteiger partial charge in [-0.05, 0) is 43.5 Å². The summed E-state index contributed by atoms with van der Waals surface area (Å²) in [6.45, 7) is 14.6. The zero-order valence-electron chi connectivity index (χ0n) is 24.0. The molecule has 204 valence electrons. The van der Waals surface area contributed by atoms with Crippen LogP contribution in [0.5, 0.6) is 11.5 Å². The van der Waals surface area contributed by atoms with Crippen molar-refractivity contribution in [2.75, 3.05) is 32.6 Å². The molecule has 2 aromatic carbocycles. The van der Waals surface area contributed by atoms with Gasteiger partial charge in [0.1, 0.15) is 23.9 Å². The topological polar surface area (TPSA) is 85.7 Å². The molecule has 1 heterocycles. The smallest absolute Gasteiger partial charge is 0.258 e. The van der Waals surface area contributed by atoms with Crippen LogP contribution in [0.15, 0.2) is 42.5 Å². The molecule has 0 atom stereocenters. The zero-order chi connectivity index (χ0) is 28.2. The fourth-order valence-electron chi connectivity index (χ4n) is 4.22. The van der Waals surface area contributed by atoms with E-state index in [2.05, 4.69) is 32.2 Å². The van der Waals surface area contributed by atoms with E-state index < -0.39 is 0 Å². The summed E-state index contributed by atoms with van der Waals surface area (Å²) in [5, 5.41) is 7.85. The van der Waals surface area contributed by atoms with Gasteiger partial charge in [-0.2, -0.15) is 5.10 Å². The van der Waals surface area contributed by atoms with Crippen molar-refractivity contribution in [1.82, 2.24) is 14.7 Å². The van der Waals surface area contributed by atoms with Gasteiger partial charge in [0, 0.05) is 24.1 Å². The normalized spacial score (nSPS) is 11.4. The van der Waals surface area contributed by atoms with E-state index in [4.69, 9.17) is 14.6 Å². The fourth-order valence-corrected chi connectivity index (χ4v) is 4.22. The van der Waals surface area contributed by atoms with Gasteiger partial charge in [0.2, 0.25) is 5.91 Å². The summed E-state index contributed by atoms with van der Waals surface area (Å²) >= 11 is 0. The van der Waals surface area contributed by atoms with Crippen molar-refractivity contribution < 1.29 is 19.1 Å². The average molecular weight is 521 g/mol. The third-order valence-corrected chi connectivity index (χ3v) is 6.17. The van der Waals surface area contributed by atoms with Crippen LogP contribution in [0.2, 0.25) is 0 Å². The van der Waals surface area contributed by atoms with Crippen molar-refractivity contribution in [3.8, 4) is 17.2 Å². The third-order valence-electron chi connectivity index (χ3n) is 6.17. The van der Waals surface area contributed by atoms with Crippen LogP contribution in [0.1, 0.15) is 61.8 Å². The van der Waals surface area contributed by atoms with Crippen molar-refractivity contribution in [2.24, 2.45) is 5.92 Å². The molecule has 0 aliphatic rings. The number of methoxy groups -OCH3 is 2. The number of aryl methyl sites for hydroxylation is 2.